The summed E-state index contributed by atoms with van der Waals surface area (Å²) < 4.78 is 0. The molecule has 3 rings (SSSR count). The van der Waals surface area contributed by atoms with E-state index in [0.29, 0.717) is 22.7 Å². The molecule has 1 amide bonds. The number of rotatable bonds is 3. The van der Waals surface area contributed by atoms with Gasteiger partial charge in [0.05, 0.1) is 5.56 Å². The molecule has 2 bridgehead atoms. The fraction of sp³-hybridized carbons (Fsp3) is 0.600. The lowest BCUT2D eigenvalue weighted by molar-refractivity contribution is 0.0690. The van der Waals surface area contributed by atoms with Gasteiger partial charge in [-0.3, -0.25) is 4.79 Å². The fourth-order valence-electron chi connectivity index (χ4n) is 3.97. The first-order valence-corrected chi connectivity index (χ1v) is 7.20. The number of H-pyrrole nitrogens is 1. The number of amides is 1. The molecule has 2 fully saturated rings. The maximum Gasteiger partial charge on any atom is 0.352 e. The van der Waals surface area contributed by atoms with Gasteiger partial charge >= 0.3 is 5.97 Å². The summed E-state index contributed by atoms with van der Waals surface area (Å²) in [6, 6.07) is 0.267. The summed E-state index contributed by atoms with van der Waals surface area (Å²) in [5.74, 6) is 0.224. The summed E-state index contributed by atoms with van der Waals surface area (Å²) in [6.45, 7) is 3.43. The summed E-state index contributed by atoms with van der Waals surface area (Å²) in [6.07, 6.45) is 4.81. The van der Waals surface area contributed by atoms with Crippen molar-refractivity contribution >= 4 is 11.9 Å². The minimum atomic E-state index is -1.02. The molecule has 1 aromatic heterocycles. The quantitative estimate of drug-likeness (QED) is 0.792. The minimum Gasteiger partial charge on any atom is -0.477 e. The van der Waals surface area contributed by atoms with Gasteiger partial charge < -0.3 is 15.4 Å². The first-order chi connectivity index (χ1) is 9.47. The fourth-order valence-corrected chi connectivity index (χ4v) is 3.97. The van der Waals surface area contributed by atoms with Crippen molar-refractivity contribution in [3.05, 3.63) is 22.5 Å². The van der Waals surface area contributed by atoms with Crippen LogP contribution in [0.1, 0.15) is 57.8 Å². The maximum absolute atomic E-state index is 12.4. The highest BCUT2D eigenvalue weighted by molar-refractivity contribution is 6.00. The summed E-state index contributed by atoms with van der Waals surface area (Å²) in [5.41, 5.74) is 1.75. The zero-order valence-corrected chi connectivity index (χ0v) is 11.8. The molecule has 0 aromatic carbocycles. The van der Waals surface area contributed by atoms with Crippen LogP contribution in [0.5, 0.6) is 0 Å². The molecule has 0 spiro atoms. The lowest BCUT2D eigenvalue weighted by Gasteiger charge is -2.23. The van der Waals surface area contributed by atoms with Crippen molar-refractivity contribution in [3.8, 4) is 0 Å². The molecule has 0 aliphatic heterocycles. The second-order valence-corrected chi connectivity index (χ2v) is 6.18. The lowest BCUT2D eigenvalue weighted by Crippen LogP contribution is -2.38. The molecule has 1 heterocycles. The van der Waals surface area contributed by atoms with Crippen LogP contribution in [0.25, 0.3) is 0 Å². The Morgan fingerprint density at radius 3 is 2.50 bits per heavy atom. The first-order valence-electron chi connectivity index (χ1n) is 7.20. The third-order valence-corrected chi connectivity index (χ3v) is 4.93. The van der Waals surface area contributed by atoms with Crippen molar-refractivity contribution < 1.29 is 14.7 Å². The number of aryl methyl sites for hydroxylation is 1. The summed E-state index contributed by atoms with van der Waals surface area (Å²) in [5, 5.41) is 12.2. The molecular weight excluding hydrogens is 256 g/mol. The second kappa shape index (κ2) is 4.65. The van der Waals surface area contributed by atoms with Gasteiger partial charge in [-0.15, -0.1) is 0 Å². The summed E-state index contributed by atoms with van der Waals surface area (Å²) in [4.78, 5) is 26.3. The van der Waals surface area contributed by atoms with E-state index in [0.717, 1.165) is 12.3 Å². The number of fused-ring (bicyclic) bond motifs is 2. The molecule has 5 nitrogen and oxygen atoms in total. The normalized spacial score (nSPS) is 27.8. The number of carbonyl (C=O) groups excluding carboxylic acids is 1. The van der Waals surface area contributed by atoms with Crippen LogP contribution >= 0.6 is 0 Å². The second-order valence-electron chi connectivity index (χ2n) is 6.18. The van der Waals surface area contributed by atoms with E-state index in [1.807, 2.05) is 0 Å². The third kappa shape index (κ3) is 2.01. The number of carbonyl (C=O) groups is 2. The Labute approximate surface area is 117 Å². The average molecular weight is 276 g/mol. The van der Waals surface area contributed by atoms with E-state index in [-0.39, 0.29) is 17.6 Å². The van der Waals surface area contributed by atoms with Gasteiger partial charge in [0.1, 0.15) is 5.69 Å². The van der Waals surface area contributed by atoms with E-state index >= 15 is 0 Å². The van der Waals surface area contributed by atoms with Crippen molar-refractivity contribution in [2.75, 3.05) is 0 Å². The third-order valence-electron chi connectivity index (χ3n) is 4.93. The molecule has 1 aromatic rings. The van der Waals surface area contributed by atoms with Crippen LogP contribution in [0.15, 0.2) is 0 Å². The molecule has 20 heavy (non-hydrogen) atoms. The highest BCUT2D eigenvalue weighted by atomic mass is 16.4. The van der Waals surface area contributed by atoms with Crippen LogP contribution < -0.4 is 5.32 Å². The molecule has 108 valence electrons. The highest BCUT2D eigenvalue weighted by Crippen LogP contribution is 2.44. The molecule has 5 heteroatoms. The SMILES string of the molecule is Cc1[nH]c(C(=O)O)c(C)c1C(=O)NC1CC2CCC1C2. The summed E-state index contributed by atoms with van der Waals surface area (Å²) >= 11 is 0. The van der Waals surface area contributed by atoms with Crippen LogP contribution in [-0.2, 0) is 0 Å². The van der Waals surface area contributed by atoms with E-state index in [9.17, 15) is 9.59 Å². The Morgan fingerprint density at radius 1 is 1.25 bits per heavy atom. The molecular formula is C15H20N2O3. The Kier molecular flexibility index (Phi) is 3.07. The number of hydrogen-bond acceptors (Lipinski definition) is 2. The zero-order chi connectivity index (χ0) is 14.4. The molecule has 2 saturated carbocycles. The minimum absolute atomic E-state index is 0.112. The van der Waals surface area contributed by atoms with E-state index in [4.69, 9.17) is 5.11 Å². The standard InChI is InChI=1S/C15H20N2O3/c1-7-12(8(2)16-13(7)15(19)20)14(18)17-11-6-9-3-4-10(11)5-9/h9-11,16H,3-6H2,1-2H3,(H,17,18)(H,19,20). The number of carboxylic acid groups (broad SMARTS) is 1. The monoisotopic (exact) mass is 276 g/mol. The molecule has 3 N–H and O–H groups in total. The van der Waals surface area contributed by atoms with E-state index in [2.05, 4.69) is 10.3 Å². The molecule has 2 aliphatic carbocycles. The van der Waals surface area contributed by atoms with Gasteiger partial charge in [0.2, 0.25) is 0 Å². The van der Waals surface area contributed by atoms with Crippen molar-refractivity contribution in [1.82, 2.24) is 10.3 Å². The van der Waals surface area contributed by atoms with Crippen LogP contribution in [-0.4, -0.2) is 28.0 Å². The predicted molar refractivity (Wildman–Crippen MR) is 73.9 cm³/mol. The van der Waals surface area contributed by atoms with Gasteiger partial charge in [0.15, 0.2) is 0 Å². The topological polar surface area (TPSA) is 82.2 Å². The van der Waals surface area contributed by atoms with Gasteiger partial charge in [0, 0.05) is 11.7 Å². The Hall–Kier alpha value is -1.78. The Morgan fingerprint density at radius 2 is 2.00 bits per heavy atom. The number of aromatic amines is 1. The van der Waals surface area contributed by atoms with Crippen LogP contribution in [0, 0.1) is 25.7 Å². The number of hydrogen-bond donors (Lipinski definition) is 3. The molecule has 3 atom stereocenters. The molecule has 3 unspecified atom stereocenters. The maximum atomic E-state index is 12.4. The van der Waals surface area contributed by atoms with E-state index in [1.54, 1.807) is 13.8 Å². The highest BCUT2D eigenvalue weighted by Gasteiger charge is 2.40. The van der Waals surface area contributed by atoms with Crippen LogP contribution in [0.2, 0.25) is 0 Å². The largest absolute Gasteiger partial charge is 0.477 e. The predicted octanol–water partition coefficient (Wildman–Crippen LogP) is 2.25. The Balaban J connectivity index is 1.79. The van der Waals surface area contributed by atoms with E-state index in [1.165, 1.54) is 19.3 Å². The molecule has 0 saturated heterocycles. The van der Waals surface area contributed by atoms with Gasteiger partial charge in [-0.05, 0) is 50.5 Å². The first kappa shape index (κ1) is 13.2. The van der Waals surface area contributed by atoms with Crippen molar-refractivity contribution in [2.45, 2.75) is 45.6 Å². The number of aromatic nitrogens is 1. The number of aromatic carboxylic acids is 1. The van der Waals surface area contributed by atoms with Gasteiger partial charge in [-0.25, -0.2) is 4.79 Å². The van der Waals surface area contributed by atoms with Crippen molar-refractivity contribution in [3.63, 3.8) is 0 Å². The van der Waals surface area contributed by atoms with Gasteiger partial charge in [-0.2, -0.15) is 0 Å². The summed E-state index contributed by atoms with van der Waals surface area (Å²) in [7, 11) is 0. The molecule has 2 aliphatic rings. The Bertz CT molecular complexity index is 576. The lowest BCUT2D eigenvalue weighted by atomic mass is 9.95. The van der Waals surface area contributed by atoms with Crippen molar-refractivity contribution in [1.29, 1.82) is 0 Å². The van der Waals surface area contributed by atoms with Crippen LogP contribution in [0.4, 0.5) is 0 Å². The smallest absolute Gasteiger partial charge is 0.352 e. The molecule has 0 radical (unpaired) electrons. The average Bonchev–Trinajstić information content (AvgIpc) is 3.03. The van der Waals surface area contributed by atoms with Crippen LogP contribution in [0.3, 0.4) is 0 Å². The van der Waals surface area contributed by atoms with E-state index < -0.39 is 5.97 Å². The van der Waals surface area contributed by atoms with Gasteiger partial charge in [-0.1, -0.05) is 6.42 Å². The number of nitrogens with one attached hydrogen (secondary N) is 2. The van der Waals surface area contributed by atoms with Gasteiger partial charge in [0.25, 0.3) is 5.91 Å². The zero-order valence-electron chi connectivity index (χ0n) is 11.8. The number of carboxylic acids is 1. The van der Waals surface area contributed by atoms with Crippen molar-refractivity contribution in [2.24, 2.45) is 11.8 Å².